The van der Waals surface area contributed by atoms with E-state index in [4.69, 9.17) is 9.15 Å². The number of furan rings is 1. The number of rotatable bonds is 4. The number of hydrogen-bond donors (Lipinski definition) is 1. The lowest BCUT2D eigenvalue weighted by molar-refractivity contribution is 0.178. The van der Waals surface area contributed by atoms with Gasteiger partial charge in [-0.2, -0.15) is 0 Å². The van der Waals surface area contributed by atoms with Crippen LogP contribution >= 0.6 is 0 Å². The van der Waals surface area contributed by atoms with E-state index in [-0.39, 0.29) is 5.82 Å². The second-order valence-electron chi connectivity index (χ2n) is 4.53. The number of hydrogen-bond acceptors (Lipinski definition) is 5. The maximum absolute atomic E-state index is 13.2. The minimum atomic E-state index is -0.298. The van der Waals surface area contributed by atoms with Crippen LogP contribution in [0.5, 0.6) is 0 Å². The van der Waals surface area contributed by atoms with Gasteiger partial charge in [-0.15, -0.1) is 0 Å². The minimum absolute atomic E-state index is 0.298. The van der Waals surface area contributed by atoms with Crippen molar-refractivity contribution in [1.29, 1.82) is 0 Å². The molecule has 0 aliphatic rings. The third-order valence-electron chi connectivity index (χ3n) is 3.03. The van der Waals surface area contributed by atoms with Crippen molar-refractivity contribution < 1.29 is 13.5 Å². The molecular weight excluding hydrogens is 273 g/mol. The summed E-state index contributed by atoms with van der Waals surface area (Å²) < 4.78 is 24.0. The average Bonchev–Trinajstić information content (AvgIpc) is 2.90. The number of benzene rings is 1. The van der Waals surface area contributed by atoms with E-state index in [1.54, 1.807) is 32.4 Å². The first-order valence-corrected chi connectivity index (χ1v) is 6.43. The summed E-state index contributed by atoms with van der Waals surface area (Å²) in [6.07, 6.45) is 0. The number of methoxy groups -OCH3 is 1. The van der Waals surface area contributed by atoms with Crippen LogP contribution in [0.25, 0.3) is 22.4 Å². The number of nitrogens with one attached hydrogen (secondary N) is 1. The highest BCUT2D eigenvalue weighted by molar-refractivity contribution is 5.82. The smallest absolute Gasteiger partial charge is 0.157 e. The molecule has 2 aromatic heterocycles. The van der Waals surface area contributed by atoms with Gasteiger partial charge >= 0.3 is 0 Å². The Morgan fingerprint density at radius 2 is 2.10 bits per heavy atom. The first-order chi connectivity index (χ1) is 10.2. The molecule has 0 atom stereocenters. The van der Waals surface area contributed by atoms with E-state index in [2.05, 4.69) is 15.3 Å². The zero-order valence-corrected chi connectivity index (χ0v) is 11.7. The molecule has 3 aromatic rings. The molecule has 3 rings (SSSR count). The van der Waals surface area contributed by atoms with E-state index in [1.165, 1.54) is 12.1 Å². The monoisotopic (exact) mass is 287 g/mol. The van der Waals surface area contributed by atoms with Crippen LogP contribution in [0, 0.1) is 5.82 Å². The number of nitrogens with zero attached hydrogens (tertiary/aromatic N) is 2. The summed E-state index contributed by atoms with van der Waals surface area (Å²) in [6.45, 7) is 0.303. The Labute approximate surface area is 120 Å². The predicted octanol–water partition coefficient (Wildman–Crippen LogP) is 3.22. The highest BCUT2D eigenvalue weighted by Gasteiger charge is 2.11. The number of ether oxygens (including phenoxy) is 1. The highest BCUT2D eigenvalue weighted by Crippen LogP contribution is 2.28. The Morgan fingerprint density at radius 1 is 1.24 bits per heavy atom. The zero-order valence-electron chi connectivity index (χ0n) is 11.7. The van der Waals surface area contributed by atoms with Gasteiger partial charge in [0.15, 0.2) is 11.6 Å². The van der Waals surface area contributed by atoms with Gasteiger partial charge in [-0.3, -0.25) is 0 Å². The molecule has 5 nitrogen and oxygen atoms in total. The van der Waals surface area contributed by atoms with E-state index in [0.717, 1.165) is 0 Å². The normalized spacial score (nSPS) is 11.0. The Balaban J connectivity index is 2.10. The Bertz CT molecular complexity index is 786. The molecule has 0 aliphatic heterocycles. The summed E-state index contributed by atoms with van der Waals surface area (Å²) in [4.78, 5) is 8.68. The minimum Gasteiger partial charge on any atom is -0.454 e. The summed E-state index contributed by atoms with van der Waals surface area (Å²) >= 11 is 0. The van der Waals surface area contributed by atoms with Crippen LogP contribution in [-0.2, 0) is 11.3 Å². The molecule has 0 radical (unpaired) electrons. The van der Waals surface area contributed by atoms with Crippen LogP contribution in [0.3, 0.4) is 0 Å². The van der Waals surface area contributed by atoms with Gasteiger partial charge in [-0.1, -0.05) is 0 Å². The van der Waals surface area contributed by atoms with E-state index < -0.39 is 0 Å². The SMILES string of the molecule is CNc1cc(-c2cc3cc(F)ccc3o2)nc(COC)n1. The standard InChI is InChI=1S/C15H14FN3O2/c1-17-14-7-11(18-15(19-14)8-20-2)13-6-9-5-10(16)3-4-12(9)21-13/h3-7H,8H2,1-2H3,(H,17,18,19). The van der Waals surface area contributed by atoms with Gasteiger partial charge < -0.3 is 14.5 Å². The first kappa shape index (κ1) is 13.5. The fraction of sp³-hybridized carbons (Fsp3) is 0.200. The first-order valence-electron chi connectivity index (χ1n) is 6.43. The van der Waals surface area contributed by atoms with Crippen LogP contribution in [-0.4, -0.2) is 24.1 Å². The Kier molecular flexibility index (Phi) is 3.53. The topological polar surface area (TPSA) is 60.2 Å². The number of anilines is 1. The molecule has 0 saturated heterocycles. The molecule has 0 amide bonds. The molecule has 0 spiro atoms. The fourth-order valence-electron chi connectivity index (χ4n) is 2.09. The predicted molar refractivity (Wildman–Crippen MR) is 77.5 cm³/mol. The molecule has 0 fully saturated rings. The van der Waals surface area contributed by atoms with Crippen LogP contribution in [0.4, 0.5) is 10.2 Å². The lowest BCUT2D eigenvalue weighted by atomic mass is 10.2. The van der Waals surface area contributed by atoms with E-state index in [1.807, 2.05) is 0 Å². The van der Waals surface area contributed by atoms with Gasteiger partial charge in [0.25, 0.3) is 0 Å². The third kappa shape index (κ3) is 2.71. The van der Waals surface area contributed by atoms with E-state index in [0.29, 0.717) is 40.7 Å². The summed E-state index contributed by atoms with van der Waals surface area (Å²) in [5, 5.41) is 3.67. The van der Waals surface area contributed by atoms with Crippen molar-refractivity contribution in [1.82, 2.24) is 9.97 Å². The van der Waals surface area contributed by atoms with Crippen molar-refractivity contribution in [2.45, 2.75) is 6.61 Å². The number of aromatic nitrogens is 2. The van der Waals surface area contributed by atoms with Crippen LogP contribution in [0.15, 0.2) is 34.7 Å². The van der Waals surface area contributed by atoms with Crippen molar-refractivity contribution in [2.24, 2.45) is 0 Å². The fourth-order valence-corrected chi connectivity index (χ4v) is 2.09. The molecule has 0 bridgehead atoms. The van der Waals surface area contributed by atoms with Gasteiger partial charge in [-0.05, 0) is 24.3 Å². The van der Waals surface area contributed by atoms with E-state index in [9.17, 15) is 4.39 Å². The second-order valence-corrected chi connectivity index (χ2v) is 4.53. The molecule has 6 heteroatoms. The van der Waals surface area contributed by atoms with Gasteiger partial charge in [-0.25, -0.2) is 14.4 Å². The summed E-state index contributed by atoms with van der Waals surface area (Å²) in [7, 11) is 3.36. The van der Waals surface area contributed by atoms with Crippen molar-refractivity contribution in [3.8, 4) is 11.5 Å². The molecule has 2 heterocycles. The number of fused-ring (bicyclic) bond motifs is 1. The Hall–Kier alpha value is -2.47. The molecule has 0 saturated carbocycles. The maximum Gasteiger partial charge on any atom is 0.157 e. The molecule has 0 unspecified atom stereocenters. The van der Waals surface area contributed by atoms with Crippen LogP contribution in [0.2, 0.25) is 0 Å². The third-order valence-corrected chi connectivity index (χ3v) is 3.03. The molecule has 108 valence electrons. The highest BCUT2D eigenvalue weighted by atomic mass is 19.1. The molecule has 0 aliphatic carbocycles. The molecular formula is C15H14FN3O2. The summed E-state index contributed by atoms with van der Waals surface area (Å²) in [5.41, 5.74) is 1.24. The number of halogens is 1. The largest absolute Gasteiger partial charge is 0.454 e. The summed E-state index contributed by atoms with van der Waals surface area (Å²) in [6, 6.07) is 7.93. The average molecular weight is 287 g/mol. The zero-order chi connectivity index (χ0) is 14.8. The molecule has 21 heavy (non-hydrogen) atoms. The lowest BCUT2D eigenvalue weighted by Gasteiger charge is -2.05. The van der Waals surface area contributed by atoms with Gasteiger partial charge in [0.05, 0.1) is 0 Å². The van der Waals surface area contributed by atoms with Gasteiger partial charge in [0.1, 0.15) is 29.5 Å². The lowest BCUT2D eigenvalue weighted by Crippen LogP contribution is -2.02. The van der Waals surface area contributed by atoms with Crippen molar-refractivity contribution >= 4 is 16.8 Å². The van der Waals surface area contributed by atoms with Crippen molar-refractivity contribution in [2.75, 3.05) is 19.5 Å². The molecule has 1 aromatic carbocycles. The maximum atomic E-state index is 13.2. The van der Waals surface area contributed by atoms with Crippen LogP contribution < -0.4 is 5.32 Å². The van der Waals surface area contributed by atoms with Gasteiger partial charge in [0, 0.05) is 25.6 Å². The Morgan fingerprint density at radius 3 is 2.86 bits per heavy atom. The van der Waals surface area contributed by atoms with Crippen molar-refractivity contribution in [3.63, 3.8) is 0 Å². The summed E-state index contributed by atoms with van der Waals surface area (Å²) in [5.74, 6) is 1.48. The van der Waals surface area contributed by atoms with Crippen molar-refractivity contribution in [3.05, 3.63) is 42.0 Å². The van der Waals surface area contributed by atoms with E-state index >= 15 is 0 Å². The quantitative estimate of drug-likeness (QED) is 0.798. The van der Waals surface area contributed by atoms with Gasteiger partial charge in [0.2, 0.25) is 0 Å². The second kappa shape index (κ2) is 5.49. The molecule has 1 N–H and O–H groups in total. The van der Waals surface area contributed by atoms with Crippen LogP contribution in [0.1, 0.15) is 5.82 Å².